The highest BCUT2D eigenvalue weighted by molar-refractivity contribution is 7.94. The Kier molecular flexibility index (Phi) is 12.6. The third-order valence-corrected chi connectivity index (χ3v) is 12.3. The third-order valence-electron chi connectivity index (χ3n) is 5.62. The lowest BCUT2D eigenvalue weighted by Crippen LogP contribution is -2.28. The Morgan fingerprint density at radius 2 is 1.10 bits per heavy atom. The summed E-state index contributed by atoms with van der Waals surface area (Å²) < 4.78 is 89.2. The van der Waals surface area contributed by atoms with E-state index in [2.05, 4.69) is 15.4 Å². The zero-order valence-corrected chi connectivity index (χ0v) is 30.4. The van der Waals surface area contributed by atoms with E-state index in [0.717, 1.165) is 34.0 Å². The summed E-state index contributed by atoms with van der Waals surface area (Å²) in [4.78, 5) is 24.8. The second kappa shape index (κ2) is 16.1. The number of hydrogen-bond donors (Lipinski definition) is 4. The Morgan fingerprint density at radius 1 is 0.653 bits per heavy atom. The van der Waals surface area contributed by atoms with Crippen LogP contribution in [-0.4, -0.2) is 40.6 Å². The van der Waals surface area contributed by atoms with Crippen LogP contribution in [0.5, 0.6) is 0 Å². The van der Waals surface area contributed by atoms with Crippen molar-refractivity contribution in [3.63, 3.8) is 0 Å². The Hall–Kier alpha value is -3.36. The lowest BCUT2D eigenvalue weighted by molar-refractivity contribution is -0.106. The molecule has 5 aromatic rings. The molecule has 21 heteroatoms. The van der Waals surface area contributed by atoms with Crippen molar-refractivity contribution in [2.24, 2.45) is 0 Å². The lowest BCUT2D eigenvalue weighted by Gasteiger charge is -2.11. The van der Waals surface area contributed by atoms with Crippen LogP contribution in [0.3, 0.4) is 0 Å². The number of hydrogen-bond acceptors (Lipinski definition) is 9. The number of sulfonamides is 2. The Labute approximate surface area is 304 Å². The van der Waals surface area contributed by atoms with Gasteiger partial charge < -0.3 is 10.6 Å². The highest BCUT2D eigenvalue weighted by Crippen LogP contribution is 2.31. The maximum Gasteiger partial charge on any atom is 0.404 e. The zero-order chi connectivity index (χ0) is 36.0. The summed E-state index contributed by atoms with van der Waals surface area (Å²) in [6.45, 7) is 0. The van der Waals surface area contributed by atoms with Gasteiger partial charge >= 0.3 is 6.18 Å². The number of carbonyl (C=O) groups excluding carboxylic acids is 2. The molecule has 0 aliphatic rings. The van der Waals surface area contributed by atoms with Crippen LogP contribution in [0.2, 0.25) is 14.4 Å². The standard InChI is InChI=1S/C15H10Cl2N2O3S3.C13H10ClF3N2O3S2/c16-9-1-3-10(4-2-9)18-15(20)14-11(7-8-23-14)19-25(21,22)13-6-5-12(17)24-13;14-8-1-3-9(4-2-8)18-12(20)11-10(5-6-23-11)19-24(21,22)7-13(15,16)17/h1-8,19H,(H,18,20);1-6,19H,7H2,(H,18,20). The predicted octanol–water partition coefficient (Wildman–Crippen LogP) is 9.13. The number of benzene rings is 2. The van der Waals surface area contributed by atoms with E-state index in [1.54, 1.807) is 46.5 Å². The van der Waals surface area contributed by atoms with E-state index in [0.29, 0.717) is 25.8 Å². The van der Waals surface area contributed by atoms with E-state index in [-0.39, 0.29) is 25.3 Å². The van der Waals surface area contributed by atoms with Gasteiger partial charge in [-0.05, 0) is 83.6 Å². The van der Waals surface area contributed by atoms with Gasteiger partial charge in [0, 0.05) is 21.4 Å². The molecular formula is C28H20Cl3F3N4O6S5. The summed E-state index contributed by atoms with van der Waals surface area (Å²) in [6.07, 6.45) is -4.88. The summed E-state index contributed by atoms with van der Waals surface area (Å²) in [6, 6.07) is 18.4. The molecule has 0 unspecified atom stereocenters. The van der Waals surface area contributed by atoms with Crippen LogP contribution >= 0.6 is 68.8 Å². The molecule has 2 aromatic carbocycles. The van der Waals surface area contributed by atoms with E-state index >= 15 is 0 Å². The molecule has 0 aliphatic carbocycles. The zero-order valence-electron chi connectivity index (χ0n) is 24.0. The second-order valence-corrected chi connectivity index (χ2v) is 17.4. The van der Waals surface area contributed by atoms with Gasteiger partial charge in [0.25, 0.3) is 21.8 Å². The fourth-order valence-electron chi connectivity index (χ4n) is 3.63. The average Bonchev–Trinajstić information content (AvgIpc) is 3.76. The van der Waals surface area contributed by atoms with Crippen LogP contribution in [0.15, 0.2) is 87.8 Å². The molecule has 0 aliphatic heterocycles. The van der Waals surface area contributed by atoms with Crippen molar-refractivity contribution in [1.82, 2.24) is 0 Å². The van der Waals surface area contributed by atoms with Gasteiger partial charge in [-0.1, -0.05) is 34.8 Å². The van der Waals surface area contributed by atoms with Crippen LogP contribution in [0.4, 0.5) is 35.9 Å². The highest BCUT2D eigenvalue weighted by Gasteiger charge is 2.35. The second-order valence-electron chi connectivity index (χ2n) is 9.39. The summed E-state index contributed by atoms with van der Waals surface area (Å²) in [5.74, 6) is -3.11. The molecule has 0 fully saturated rings. The van der Waals surface area contributed by atoms with Gasteiger partial charge in [-0.25, -0.2) is 16.8 Å². The van der Waals surface area contributed by atoms with Crippen LogP contribution in [-0.2, 0) is 20.0 Å². The molecule has 260 valence electrons. The van der Waals surface area contributed by atoms with Crippen molar-refractivity contribution >= 4 is 123 Å². The Balaban J connectivity index is 0.000000221. The van der Waals surface area contributed by atoms with Crippen molar-refractivity contribution in [3.05, 3.63) is 108 Å². The predicted molar refractivity (Wildman–Crippen MR) is 191 cm³/mol. The van der Waals surface area contributed by atoms with Crippen molar-refractivity contribution in [3.8, 4) is 0 Å². The van der Waals surface area contributed by atoms with Crippen LogP contribution in [0, 0.1) is 0 Å². The third kappa shape index (κ3) is 11.6. The smallest absolute Gasteiger partial charge is 0.321 e. The minimum atomic E-state index is -4.88. The molecule has 3 aromatic heterocycles. The molecule has 0 spiro atoms. The molecule has 5 rings (SSSR count). The quantitative estimate of drug-likeness (QED) is 0.110. The van der Waals surface area contributed by atoms with Gasteiger partial charge in [0.1, 0.15) is 14.0 Å². The van der Waals surface area contributed by atoms with E-state index in [9.17, 15) is 39.6 Å². The van der Waals surface area contributed by atoms with Gasteiger partial charge in [0.05, 0.1) is 15.7 Å². The number of amides is 2. The monoisotopic (exact) mass is 830 g/mol. The number of halogens is 6. The molecule has 3 heterocycles. The molecule has 10 nitrogen and oxygen atoms in total. The molecule has 0 bridgehead atoms. The van der Waals surface area contributed by atoms with Gasteiger partial charge in [-0.3, -0.25) is 19.0 Å². The average molecular weight is 832 g/mol. The first-order valence-electron chi connectivity index (χ1n) is 13.0. The SMILES string of the molecule is O=C(Nc1ccc(Cl)cc1)c1sccc1NS(=O)(=O)CC(F)(F)F.O=C(Nc1ccc(Cl)cc1)c1sccc1NS(=O)(=O)c1ccc(Cl)s1. The maximum atomic E-state index is 12.4. The molecule has 0 atom stereocenters. The van der Waals surface area contributed by atoms with E-state index in [4.69, 9.17) is 34.8 Å². The van der Waals surface area contributed by atoms with Crippen molar-refractivity contribution in [2.75, 3.05) is 25.8 Å². The van der Waals surface area contributed by atoms with E-state index in [1.165, 1.54) is 41.8 Å². The molecule has 4 N–H and O–H groups in total. The topological polar surface area (TPSA) is 151 Å². The van der Waals surface area contributed by atoms with Crippen LogP contribution in [0.25, 0.3) is 0 Å². The summed E-state index contributed by atoms with van der Waals surface area (Å²) in [5.41, 5.74) is 0.959. The van der Waals surface area contributed by atoms with Crippen LogP contribution in [0.1, 0.15) is 19.3 Å². The molecular weight excluding hydrogens is 812 g/mol. The van der Waals surface area contributed by atoms with E-state index < -0.39 is 43.8 Å². The minimum absolute atomic E-state index is 0.0595. The normalized spacial score (nSPS) is 11.6. The molecule has 0 saturated carbocycles. The number of carbonyl (C=O) groups is 2. The van der Waals surface area contributed by atoms with Gasteiger partial charge in [0.15, 0.2) is 5.75 Å². The summed E-state index contributed by atoms with van der Waals surface area (Å²) >= 11 is 20.3. The lowest BCUT2D eigenvalue weighted by atomic mass is 10.3. The number of alkyl halides is 3. The van der Waals surface area contributed by atoms with Crippen molar-refractivity contribution in [1.29, 1.82) is 0 Å². The van der Waals surface area contributed by atoms with Crippen molar-refractivity contribution in [2.45, 2.75) is 10.4 Å². The van der Waals surface area contributed by atoms with E-state index in [1.807, 2.05) is 0 Å². The fraction of sp³-hybridized carbons (Fsp3) is 0.0714. The highest BCUT2D eigenvalue weighted by atomic mass is 35.5. The number of rotatable bonds is 10. The number of anilines is 4. The van der Waals surface area contributed by atoms with Crippen molar-refractivity contribution < 1.29 is 39.6 Å². The molecule has 0 saturated heterocycles. The molecule has 2 amide bonds. The van der Waals surface area contributed by atoms with Gasteiger partial charge in [0.2, 0.25) is 10.0 Å². The molecule has 0 radical (unpaired) electrons. The Morgan fingerprint density at radius 3 is 1.51 bits per heavy atom. The summed E-state index contributed by atoms with van der Waals surface area (Å²) in [7, 11) is -8.47. The van der Waals surface area contributed by atoms with Gasteiger partial charge in [-0.15, -0.1) is 34.0 Å². The Bertz CT molecular complexity index is 2150. The number of thiophene rings is 3. The minimum Gasteiger partial charge on any atom is -0.321 e. The van der Waals surface area contributed by atoms with Crippen LogP contribution < -0.4 is 20.1 Å². The maximum absolute atomic E-state index is 12.4. The first-order valence-corrected chi connectivity index (χ1v) is 19.9. The largest absolute Gasteiger partial charge is 0.404 e. The first-order chi connectivity index (χ1) is 22.9. The van der Waals surface area contributed by atoms with Gasteiger partial charge in [-0.2, -0.15) is 13.2 Å². The number of nitrogens with one attached hydrogen (secondary N) is 4. The molecule has 49 heavy (non-hydrogen) atoms. The fourth-order valence-corrected chi connectivity index (χ4v) is 9.06. The summed E-state index contributed by atoms with van der Waals surface area (Å²) in [5, 5.41) is 9.24. The first kappa shape index (κ1) is 38.4.